The Balaban J connectivity index is 1.52. The van der Waals surface area contributed by atoms with Gasteiger partial charge in [-0.05, 0) is 31.9 Å². The Hall–Kier alpha value is -4.06. The molecule has 0 bridgehead atoms. The molecule has 21 atom stereocenters. The largest absolute Gasteiger partial charge is 0.508 e. The Morgan fingerprint density at radius 2 is 1.32 bits per heavy atom. The van der Waals surface area contributed by atoms with Crippen molar-refractivity contribution in [1.82, 2.24) is 10.6 Å². The van der Waals surface area contributed by atoms with Crippen LogP contribution in [0.2, 0.25) is 0 Å². The van der Waals surface area contributed by atoms with Gasteiger partial charge in [0.05, 0.1) is 45.2 Å². The van der Waals surface area contributed by atoms with Gasteiger partial charge < -0.3 is 125 Å². The standard InChI is InChI=1S/C46H72N2O27/c1-19-31(58)34(61)35(62)43(69-19)73-39-30(48-41(64)21-12-22(53)14-23(54)13-21)42(68-11-9-7-5-4-6-8-10-28(57)67-3)71-27(18-51)37(39)72-44-36(63)40(33(60)26(17-50)70-44)75-46(45(65)66)15-24(55)29(47-20(2)52)38(74-46)32(59)25(56)16-49/h12-14,19,24-27,29-40,42-44,49-51,53-56,58-63H,4-11,15-18H2,1-3H3,(H,47,52)(H,48,64)(H,65,66)/t19?,24?,25?,26?,27?,29-,30?,31+,32?,33-,34?,35?,36?,37+,38?,39?,40?,42-,43+,44?,46+/m1/s1. The maximum Gasteiger partial charge on any atom is 0.364 e. The molecule has 1 aromatic rings. The van der Waals surface area contributed by atoms with Crippen molar-refractivity contribution in [2.45, 2.75) is 194 Å². The first kappa shape index (κ1) is 61.8. The number of unbranched alkanes of at least 4 members (excludes halogenated alkanes) is 5. The van der Waals surface area contributed by atoms with E-state index in [1.807, 2.05) is 0 Å². The second-order valence-electron chi connectivity index (χ2n) is 18.8. The third-order valence-corrected chi connectivity index (χ3v) is 13.3. The summed E-state index contributed by atoms with van der Waals surface area (Å²) in [6.45, 7) is -0.947. The smallest absolute Gasteiger partial charge is 0.364 e. The van der Waals surface area contributed by atoms with Crippen molar-refractivity contribution in [3.05, 3.63) is 23.8 Å². The first-order valence-electron chi connectivity index (χ1n) is 24.4. The van der Waals surface area contributed by atoms with Crippen LogP contribution in [0.5, 0.6) is 11.5 Å². The molecule has 4 aliphatic heterocycles. The van der Waals surface area contributed by atoms with E-state index in [4.69, 9.17) is 37.9 Å². The van der Waals surface area contributed by atoms with Crippen LogP contribution in [0.15, 0.2) is 18.2 Å². The Bertz CT molecular complexity index is 1990. The van der Waals surface area contributed by atoms with E-state index in [1.165, 1.54) is 14.0 Å². The average Bonchev–Trinajstić information content (AvgIpc) is 3.37. The molecular formula is C46H72N2O27. The van der Waals surface area contributed by atoms with Gasteiger partial charge in [-0.2, -0.15) is 0 Å². The predicted molar refractivity (Wildman–Crippen MR) is 244 cm³/mol. The molecule has 4 heterocycles. The monoisotopic (exact) mass is 1080 g/mol. The van der Waals surface area contributed by atoms with Gasteiger partial charge in [0.15, 0.2) is 18.9 Å². The number of carboxylic acids is 1. The molecule has 0 spiro atoms. The van der Waals surface area contributed by atoms with Crippen molar-refractivity contribution in [2.75, 3.05) is 33.5 Å². The van der Waals surface area contributed by atoms with Gasteiger partial charge in [0.1, 0.15) is 96.9 Å². The fraction of sp³-hybridized carbons (Fsp3) is 0.783. The highest BCUT2D eigenvalue weighted by atomic mass is 16.8. The molecule has 0 radical (unpaired) electrons. The minimum absolute atomic E-state index is 0.0724. The topological polar surface area (TPSA) is 459 Å². The maximum absolute atomic E-state index is 14.1. The molecule has 4 fully saturated rings. The van der Waals surface area contributed by atoms with Crippen molar-refractivity contribution in [3.63, 3.8) is 0 Å². The number of nitrogens with one attached hydrogen (secondary N) is 2. The second-order valence-corrected chi connectivity index (χ2v) is 18.8. The van der Waals surface area contributed by atoms with E-state index in [-0.39, 0.29) is 24.6 Å². The molecule has 0 aromatic heterocycles. The van der Waals surface area contributed by atoms with Gasteiger partial charge in [0, 0.05) is 38.0 Å². The molecule has 16 N–H and O–H groups in total. The summed E-state index contributed by atoms with van der Waals surface area (Å²) in [5.74, 6) is -8.47. The number of carboxylic acid groups (broad SMARTS) is 1. The summed E-state index contributed by atoms with van der Waals surface area (Å²) < 4.78 is 52.6. The lowest BCUT2D eigenvalue weighted by Gasteiger charge is -2.51. The summed E-state index contributed by atoms with van der Waals surface area (Å²) in [7, 11) is 1.30. The number of aliphatic hydroxyl groups excluding tert-OH is 11. The number of amides is 2. The second kappa shape index (κ2) is 28.0. The highest BCUT2D eigenvalue weighted by Crippen LogP contribution is 2.39. The predicted octanol–water partition coefficient (Wildman–Crippen LogP) is -5.59. The number of carbonyl (C=O) groups is 4. The fourth-order valence-electron chi connectivity index (χ4n) is 9.22. The van der Waals surface area contributed by atoms with E-state index in [2.05, 4.69) is 15.4 Å². The van der Waals surface area contributed by atoms with Crippen molar-refractivity contribution in [1.29, 1.82) is 0 Å². The van der Waals surface area contributed by atoms with Crippen LogP contribution in [0.4, 0.5) is 0 Å². The SMILES string of the molecule is COC(=O)CCCCCCCCO[C@@H]1OC(CO)[C@H](OC2OC(CO)[C@@H](O)C(O[C@]3(C(=O)O)CC(O)[C@@H](NC(C)=O)C(C(O)C(O)CO)O3)C2O)C(O[C@@H]2OC(C)[C@H](O)C(O)C2O)C1NC(=O)c1cc(O)cc(O)c1. The molecule has 5 rings (SSSR count). The third kappa shape index (κ3) is 15.4. The van der Waals surface area contributed by atoms with Gasteiger partial charge in [-0.3, -0.25) is 14.4 Å². The van der Waals surface area contributed by atoms with Crippen LogP contribution < -0.4 is 10.6 Å². The van der Waals surface area contributed by atoms with Crippen LogP contribution in [0.3, 0.4) is 0 Å². The van der Waals surface area contributed by atoms with Crippen LogP contribution >= 0.6 is 0 Å². The molecule has 428 valence electrons. The number of carbonyl (C=O) groups excluding carboxylic acids is 3. The summed E-state index contributed by atoms with van der Waals surface area (Å²) in [6.07, 6.45) is -32.0. The van der Waals surface area contributed by atoms with Crippen LogP contribution in [0.1, 0.15) is 75.6 Å². The number of benzene rings is 1. The van der Waals surface area contributed by atoms with Crippen molar-refractivity contribution in [2.24, 2.45) is 0 Å². The fourth-order valence-corrected chi connectivity index (χ4v) is 9.22. The summed E-state index contributed by atoms with van der Waals surface area (Å²) in [6, 6.07) is -0.426. The number of phenols is 2. The maximum atomic E-state index is 14.1. The van der Waals surface area contributed by atoms with Gasteiger partial charge in [-0.1, -0.05) is 25.7 Å². The van der Waals surface area contributed by atoms with Crippen LogP contribution in [-0.4, -0.2) is 257 Å². The number of aliphatic hydroxyl groups is 11. The summed E-state index contributed by atoms with van der Waals surface area (Å²) in [5.41, 5.74) is -0.336. The number of aliphatic carboxylic acids is 1. The Kier molecular flexibility index (Phi) is 23.1. The molecular weight excluding hydrogens is 1010 g/mol. The minimum Gasteiger partial charge on any atom is -0.508 e. The van der Waals surface area contributed by atoms with E-state index in [9.17, 15) is 90.7 Å². The Labute approximate surface area is 429 Å². The highest BCUT2D eigenvalue weighted by molar-refractivity contribution is 5.95. The first-order chi connectivity index (χ1) is 35.5. The quantitative estimate of drug-likeness (QED) is 0.0321. The highest BCUT2D eigenvalue weighted by Gasteiger charge is 2.61. The molecule has 4 saturated heterocycles. The number of esters is 1. The van der Waals surface area contributed by atoms with Crippen LogP contribution in [0, 0.1) is 0 Å². The van der Waals surface area contributed by atoms with Gasteiger partial charge in [0.25, 0.3) is 11.7 Å². The van der Waals surface area contributed by atoms with E-state index >= 15 is 0 Å². The summed E-state index contributed by atoms with van der Waals surface area (Å²) >= 11 is 0. The number of rotatable bonds is 25. The lowest BCUT2D eigenvalue weighted by Crippen LogP contribution is -2.71. The van der Waals surface area contributed by atoms with Gasteiger partial charge in [-0.25, -0.2) is 4.79 Å². The molecule has 2 amide bonds. The minimum atomic E-state index is -3.18. The molecule has 14 unspecified atom stereocenters. The number of phenolic OH excluding ortho intramolecular Hbond substituents is 2. The molecule has 29 nitrogen and oxygen atoms in total. The molecule has 29 heteroatoms. The number of hydrogen-bond donors (Lipinski definition) is 16. The normalized spacial score (nSPS) is 37.0. The van der Waals surface area contributed by atoms with Gasteiger partial charge in [0.2, 0.25) is 5.91 Å². The Morgan fingerprint density at radius 1 is 0.720 bits per heavy atom. The molecule has 1 aromatic carbocycles. The van der Waals surface area contributed by atoms with Crippen molar-refractivity contribution < 1.29 is 133 Å². The first-order valence-corrected chi connectivity index (χ1v) is 24.4. The van der Waals surface area contributed by atoms with Crippen molar-refractivity contribution in [3.8, 4) is 11.5 Å². The third-order valence-electron chi connectivity index (χ3n) is 13.3. The average molecular weight is 1090 g/mol. The molecule has 75 heavy (non-hydrogen) atoms. The number of methoxy groups -OCH3 is 1. The molecule has 0 aliphatic carbocycles. The van der Waals surface area contributed by atoms with Crippen LogP contribution in [-0.2, 0) is 57.0 Å². The summed E-state index contributed by atoms with van der Waals surface area (Å²) in [5, 5.41) is 156. The van der Waals surface area contributed by atoms with Crippen molar-refractivity contribution >= 4 is 23.8 Å². The van der Waals surface area contributed by atoms with E-state index in [0.29, 0.717) is 25.7 Å². The number of hydrogen-bond acceptors (Lipinski definition) is 26. The van der Waals surface area contributed by atoms with Gasteiger partial charge in [-0.15, -0.1) is 0 Å². The zero-order valence-corrected chi connectivity index (χ0v) is 41.3. The number of aromatic hydroxyl groups is 2. The molecule has 4 aliphatic rings. The Morgan fingerprint density at radius 3 is 1.92 bits per heavy atom. The van der Waals surface area contributed by atoms with Gasteiger partial charge >= 0.3 is 11.9 Å². The molecule has 0 saturated carbocycles. The van der Waals surface area contributed by atoms with E-state index in [0.717, 1.165) is 38.0 Å². The summed E-state index contributed by atoms with van der Waals surface area (Å²) in [4.78, 5) is 50.8. The van der Waals surface area contributed by atoms with Crippen LogP contribution in [0.25, 0.3) is 0 Å². The lowest BCUT2D eigenvalue weighted by atomic mass is 9.88. The zero-order valence-electron chi connectivity index (χ0n) is 41.3. The zero-order chi connectivity index (χ0) is 55.5. The lowest BCUT2D eigenvalue weighted by molar-refractivity contribution is -0.391. The van der Waals surface area contributed by atoms with E-state index < -0.39 is 184 Å². The van der Waals surface area contributed by atoms with E-state index in [1.54, 1.807) is 0 Å². The number of ether oxygens (including phenoxy) is 9.